The monoisotopic (exact) mass is 492 g/mol. The van der Waals surface area contributed by atoms with E-state index in [1.54, 1.807) is 23.3 Å². The van der Waals surface area contributed by atoms with Gasteiger partial charge in [0.1, 0.15) is 11.7 Å². The lowest BCUT2D eigenvalue weighted by atomic mass is 9.90. The Hall–Kier alpha value is -3.16. The van der Waals surface area contributed by atoms with Crippen LogP contribution >= 0.6 is 15.9 Å². The van der Waals surface area contributed by atoms with E-state index in [2.05, 4.69) is 15.9 Å². The first-order chi connectivity index (χ1) is 15.6. The number of benzene rings is 3. The van der Waals surface area contributed by atoms with E-state index in [4.69, 9.17) is 9.57 Å². The third kappa shape index (κ3) is 3.38. The number of para-hydroxylation sites is 3. The first kappa shape index (κ1) is 20.7. The summed E-state index contributed by atoms with van der Waals surface area (Å²) in [5.41, 5.74) is 2.12. The normalized spacial score (nSPS) is 22.4. The van der Waals surface area contributed by atoms with Gasteiger partial charge in [0.2, 0.25) is 5.91 Å². The zero-order valence-electron chi connectivity index (χ0n) is 17.4. The third-order valence-corrected chi connectivity index (χ3v) is 6.22. The number of amides is 2. The fourth-order valence-electron chi connectivity index (χ4n) is 4.40. The van der Waals surface area contributed by atoms with E-state index in [0.717, 1.165) is 15.7 Å². The predicted molar refractivity (Wildman–Crippen MR) is 124 cm³/mol. The average molecular weight is 493 g/mol. The summed E-state index contributed by atoms with van der Waals surface area (Å²) in [7, 11) is 0. The van der Waals surface area contributed by atoms with Gasteiger partial charge in [-0.25, -0.2) is 9.96 Å². The van der Waals surface area contributed by atoms with Gasteiger partial charge in [-0.15, -0.1) is 0 Å². The number of ether oxygens (including phenoxy) is 1. The molecule has 5 rings (SSSR count). The molecule has 32 heavy (non-hydrogen) atoms. The molecule has 2 aliphatic rings. The summed E-state index contributed by atoms with van der Waals surface area (Å²) >= 11 is 3.52. The highest BCUT2D eigenvalue weighted by Gasteiger charge is 2.60. The SMILES string of the molecule is CCOc1ccccc1N1C(=O)[C@H]2[C@@H](c3cccc(Br)c3)N(c3ccccc3)O[C@H]2C1=O. The summed E-state index contributed by atoms with van der Waals surface area (Å²) in [6.45, 7) is 2.29. The van der Waals surface area contributed by atoms with E-state index in [1.165, 1.54) is 4.90 Å². The first-order valence-electron chi connectivity index (χ1n) is 10.5. The Kier molecular flexibility index (Phi) is 5.45. The van der Waals surface area contributed by atoms with E-state index >= 15 is 0 Å². The minimum absolute atomic E-state index is 0.296. The Morgan fingerprint density at radius 3 is 2.44 bits per heavy atom. The largest absolute Gasteiger partial charge is 0.492 e. The van der Waals surface area contributed by atoms with E-state index < -0.39 is 18.1 Å². The Morgan fingerprint density at radius 1 is 0.938 bits per heavy atom. The number of hydroxylamine groups is 1. The molecule has 0 aliphatic carbocycles. The number of carbonyl (C=O) groups is 2. The number of halogens is 1. The van der Waals surface area contributed by atoms with Gasteiger partial charge in [-0.3, -0.25) is 14.4 Å². The molecule has 2 heterocycles. The van der Waals surface area contributed by atoms with E-state index in [1.807, 2.05) is 67.6 Å². The molecule has 3 aromatic rings. The highest BCUT2D eigenvalue weighted by Crippen LogP contribution is 2.48. The van der Waals surface area contributed by atoms with Gasteiger partial charge in [0.15, 0.2) is 6.10 Å². The van der Waals surface area contributed by atoms with Gasteiger partial charge in [0, 0.05) is 4.47 Å². The van der Waals surface area contributed by atoms with Crippen LogP contribution in [0.25, 0.3) is 0 Å². The van der Waals surface area contributed by atoms with Crippen LogP contribution in [0.5, 0.6) is 5.75 Å². The number of nitrogens with zero attached hydrogens (tertiary/aromatic N) is 2. The standard InChI is InChI=1S/C25H21BrN2O4/c1-2-31-20-14-7-6-13-19(20)27-24(29)21-22(16-9-8-10-17(26)15-16)28(32-23(21)25(27)30)18-11-4-3-5-12-18/h3-15,21-23H,2H2,1H3/t21-,22+,23+/m0/s1. The molecule has 0 radical (unpaired) electrons. The molecular formula is C25H21BrN2O4. The summed E-state index contributed by atoms with van der Waals surface area (Å²) in [6.07, 6.45) is -0.915. The second kappa shape index (κ2) is 8.41. The van der Waals surface area contributed by atoms with E-state index in [0.29, 0.717) is 18.0 Å². The van der Waals surface area contributed by atoms with Crippen LogP contribution in [-0.4, -0.2) is 24.5 Å². The minimum atomic E-state index is -0.915. The molecule has 2 saturated heterocycles. The summed E-state index contributed by atoms with van der Waals surface area (Å²) in [5, 5.41) is 1.69. The minimum Gasteiger partial charge on any atom is -0.492 e. The van der Waals surface area contributed by atoms with Gasteiger partial charge in [0.05, 0.1) is 24.0 Å². The Balaban J connectivity index is 1.59. The van der Waals surface area contributed by atoms with Gasteiger partial charge in [-0.05, 0) is 48.9 Å². The lowest BCUT2D eigenvalue weighted by Gasteiger charge is -2.29. The van der Waals surface area contributed by atoms with Gasteiger partial charge in [0.25, 0.3) is 5.91 Å². The Labute approximate surface area is 194 Å². The van der Waals surface area contributed by atoms with Crippen molar-refractivity contribution >= 4 is 39.1 Å². The zero-order valence-corrected chi connectivity index (χ0v) is 18.9. The van der Waals surface area contributed by atoms with Gasteiger partial charge in [-0.1, -0.05) is 58.4 Å². The fourth-order valence-corrected chi connectivity index (χ4v) is 4.82. The van der Waals surface area contributed by atoms with Crippen molar-refractivity contribution in [1.29, 1.82) is 0 Å². The second-order valence-electron chi connectivity index (χ2n) is 7.63. The van der Waals surface area contributed by atoms with Crippen LogP contribution in [0.1, 0.15) is 18.5 Å². The number of anilines is 2. The summed E-state index contributed by atoms with van der Waals surface area (Å²) in [5.74, 6) is -0.872. The van der Waals surface area contributed by atoms with Crippen molar-refractivity contribution in [1.82, 2.24) is 0 Å². The molecule has 0 bridgehead atoms. The molecule has 0 unspecified atom stereocenters. The van der Waals surface area contributed by atoms with Crippen LogP contribution < -0.4 is 14.7 Å². The van der Waals surface area contributed by atoms with Crippen molar-refractivity contribution in [2.24, 2.45) is 5.92 Å². The van der Waals surface area contributed by atoms with Crippen LogP contribution in [0, 0.1) is 5.92 Å². The van der Waals surface area contributed by atoms with Crippen molar-refractivity contribution in [3.05, 3.63) is 88.9 Å². The number of hydrogen-bond donors (Lipinski definition) is 0. The van der Waals surface area contributed by atoms with Crippen molar-refractivity contribution in [2.75, 3.05) is 16.6 Å². The molecule has 3 aromatic carbocycles. The van der Waals surface area contributed by atoms with Crippen molar-refractivity contribution in [3.63, 3.8) is 0 Å². The van der Waals surface area contributed by atoms with Crippen LogP contribution in [0.15, 0.2) is 83.3 Å². The molecule has 2 amide bonds. The number of imide groups is 1. The molecule has 2 fully saturated rings. The number of fused-ring (bicyclic) bond motifs is 1. The third-order valence-electron chi connectivity index (χ3n) is 5.72. The van der Waals surface area contributed by atoms with Gasteiger partial charge < -0.3 is 4.74 Å². The van der Waals surface area contributed by atoms with E-state index in [9.17, 15) is 9.59 Å². The van der Waals surface area contributed by atoms with Crippen LogP contribution in [0.3, 0.4) is 0 Å². The summed E-state index contributed by atoms with van der Waals surface area (Å²) in [4.78, 5) is 34.6. The van der Waals surface area contributed by atoms with Crippen LogP contribution in [0.2, 0.25) is 0 Å². The van der Waals surface area contributed by atoms with E-state index in [-0.39, 0.29) is 11.8 Å². The second-order valence-corrected chi connectivity index (χ2v) is 8.54. The molecule has 6 nitrogen and oxygen atoms in total. The molecular weight excluding hydrogens is 472 g/mol. The predicted octanol–water partition coefficient (Wildman–Crippen LogP) is 4.90. The van der Waals surface area contributed by atoms with Gasteiger partial charge in [-0.2, -0.15) is 0 Å². The van der Waals surface area contributed by atoms with Crippen LogP contribution in [0.4, 0.5) is 11.4 Å². The molecule has 0 spiro atoms. The van der Waals surface area contributed by atoms with Crippen molar-refractivity contribution in [3.8, 4) is 5.75 Å². The number of carbonyl (C=O) groups excluding carboxylic acids is 2. The highest BCUT2D eigenvalue weighted by atomic mass is 79.9. The zero-order chi connectivity index (χ0) is 22.2. The molecule has 162 valence electrons. The Bertz CT molecular complexity index is 1170. The van der Waals surface area contributed by atoms with Crippen molar-refractivity contribution < 1.29 is 19.2 Å². The van der Waals surface area contributed by atoms with Crippen LogP contribution in [-0.2, 0) is 14.4 Å². The highest BCUT2D eigenvalue weighted by molar-refractivity contribution is 9.10. The maximum atomic E-state index is 13.7. The number of rotatable bonds is 5. The Morgan fingerprint density at radius 2 is 1.69 bits per heavy atom. The number of hydrogen-bond acceptors (Lipinski definition) is 5. The lowest BCUT2D eigenvalue weighted by Crippen LogP contribution is -2.37. The topological polar surface area (TPSA) is 59.1 Å². The summed E-state index contributed by atoms with van der Waals surface area (Å²) in [6, 6.07) is 23.9. The fraction of sp³-hybridized carbons (Fsp3) is 0.200. The lowest BCUT2D eigenvalue weighted by molar-refractivity contribution is -0.126. The quantitative estimate of drug-likeness (QED) is 0.474. The van der Waals surface area contributed by atoms with Crippen molar-refractivity contribution in [2.45, 2.75) is 19.1 Å². The maximum absolute atomic E-state index is 13.7. The first-order valence-corrected chi connectivity index (χ1v) is 11.3. The molecule has 0 N–H and O–H groups in total. The summed E-state index contributed by atoms with van der Waals surface area (Å²) < 4.78 is 6.57. The molecule has 0 saturated carbocycles. The molecule has 2 aliphatic heterocycles. The smallest absolute Gasteiger partial charge is 0.266 e. The average Bonchev–Trinajstić information content (AvgIpc) is 3.31. The van der Waals surface area contributed by atoms with Gasteiger partial charge >= 0.3 is 0 Å². The molecule has 0 aromatic heterocycles. The molecule has 3 atom stereocenters. The maximum Gasteiger partial charge on any atom is 0.266 e. The molecule has 7 heteroatoms.